The predicted octanol–water partition coefficient (Wildman–Crippen LogP) is 4.09. The lowest BCUT2D eigenvalue weighted by molar-refractivity contribution is 0.245. The number of halogens is 1. The molecule has 1 aliphatic heterocycles. The van der Waals surface area contributed by atoms with Gasteiger partial charge in [-0.1, -0.05) is 33.8 Å². The van der Waals surface area contributed by atoms with Crippen molar-refractivity contribution in [3.8, 4) is 0 Å². The first-order valence-corrected chi connectivity index (χ1v) is 9.11. The van der Waals surface area contributed by atoms with Crippen LogP contribution in [-0.4, -0.2) is 33.8 Å². The first-order chi connectivity index (χ1) is 12.2. The number of hydrogen-bond donors (Lipinski definition) is 1. The van der Waals surface area contributed by atoms with E-state index in [4.69, 9.17) is 0 Å². The van der Waals surface area contributed by atoms with Crippen molar-refractivity contribution in [1.29, 1.82) is 0 Å². The highest BCUT2D eigenvalue weighted by molar-refractivity contribution is 5.91. The van der Waals surface area contributed by atoms with Gasteiger partial charge in [-0.2, -0.15) is 9.78 Å². The summed E-state index contributed by atoms with van der Waals surface area (Å²) in [6.45, 7) is 13.0. The minimum atomic E-state index is -0.446. The molecule has 5 nitrogen and oxygen atoms in total. The molecule has 1 aliphatic rings. The van der Waals surface area contributed by atoms with Crippen LogP contribution in [0.2, 0.25) is 0 Å². The number of rotatable bonds is 2. The average molecular weight is 358 g/mol. The maximum atomic E-state index is 14.0. The topological polar surface area (TPSA) is 50.2 Å². The van der Waals surface area contributed by atoms with Crippen LogP contribution in [0.1, 0.15) is 50.2 Å². The van der Waals surface area contributed by atoms with Crippen LogP contribution in [0.25, 0.3) is 0 Å². The van der Waals surface area contributed by atoms with Crippen molar-refractivity contribution >= 4 is 11.7 Å². The van der Waals surface area contributed by atoms with Gasteiger partial charge in [-0.05, 0) is 31.2 Å². The molecule has 0 atom stereocenters. The zero-order chi connectivity index (χ0) is 19.1. The van der Waals surface area contributed by atoms with Crippen LogP contribution in [0, 0.1) is 12.7 Å². The van der Waals surface area contributed by atoms with E-state index in [0.717, 1.165) is 48.6 Å². The molecule has 140 valence electrons. The molecule has 0 fully saturated rings. The smallest absolute Gasteiger partial charge is 0.303 e. The quantitative estimate of drug-likeness (QED) is 0.880. The van der Waals surface area contributed by atoms with Crippen molar-refractivity contribution in [2.24, 2.45) is 0 Å². The highest BCUT2D eigenvalue weighted by Gasteiger charge is 2.31. The van der Waals surface area contributed by atoms with Gasteiger partial charge in [0.15, 0.2) is 0 Å². The van der Waals surface area contributed by atoms with Gasteiger partial charge in [0.05, 0.1) is 17.1 Å². The molecule has 0 unspecified atom stereocenters. The Labute approximate surface area is 154 Å². The van der Waals surface area contributed by atoms with E-state index in [1.165, 1.54) is 10.7 Å². The largest absolute Gasteiger partial charge is 0.346 e. The van der Waals surface area contributed by atoms with E-state index in [-0.39, 0.29) is 11.1 Å². The molecule has 1 N–H and O–H groups in total. The molecular formula is C20H27FN4O. The predicted molar refractivity (Wildman–Crippen MR) is 101 cm³/mol. The Morgan fingerprint density at radius 3 is 2.73 bits per heavy atom. The van der Waals surface area contributed by atoms with Gasteiger partial charge in [-0.3, -0.25) is 4.90 Å². The molecule has 0 saturated heterocycles. The maximum Gasteiger partial charge on any atom is 0.346 e. The number of anilines is 1. The lowest BCUT2D eigenvalue weighted by atomic mass is 9.87. The van der Waals surface area contributed by atoms with Gasteiger partial charge >= 0.3 is 6.03 Å². The van der Waals surface area contributed by atoms with Crippen molar-refractivity contribution in [3.05, 3.63) is 46.5 Å². The Morgan fingerprint density at radius 2 is 2.08 bits per heavy atom. The van der Waals surface area contributed by atoms with E-state index >= 15 is 0 Å². The monoisotopic (exact) mass is 358 g/mol. The Bertz CT molecular complexity index is 835. The van der Waals surface area contributed by atoms with Gasteiger partial charge < -0.3 is 5.32 Å². The van der Waals surface area contributed by atoms with Crippen LogP contribution in [0.3, 0.4) is 0 Å². The molecule has 1 aromatic heterocycles. The van der Waals surface area contributed by atoms with Crippen LogP contribution >= 0.6 is 0 Å². The van der Waals surface area contributed by atoms with Gasteiger partial charge in [0.2, 0.25) is 0 Å². The second-order valence-corrected chi connectivity index (χ2v) is 7.97. The minimum absolute atomic E-state index is 0.166. The first-order valence-electron chi connectivity index (χ1n) is 9.11. The Hall–Kier alpha value is -2.21. The summed E-state index contributed by atoms with van der Waals surface area (Å²) in [5.41, 5.74) is 3.91. The zero-order valence-corrected chi connectivity index (χ0v) is 16.2. The van der Waals surface area contributed by atoms with Gasteiger partial charge in [0, 0.05) is 30.5 Å². The SMILES string of the molecule is CCN1CCc2c(c(C(C)(C)C)nn2C(=O)Nc2cc(C)ccc2F)C1. The lowest BCUT2D eigenvalue weighted by Gasteiger charge is -2.28. The maximum absolute atomic E-state index is 14.0. The number of carbonyl (C=O) groups is 1. The van der Waals surface area contributed by atoms with Crippen molar-refractivity contribution in [3.63, 3.8) is 0 Å². The molecule has 0 saturated carbocycles. The highest BCUT2D eigenvalue weighted by Crippen LogP contribution is 2.31. The third-order valence-corrected chi connectivity index (χ3v) is 4.85. The number of benzene rings is 1. The summed E-state index contributed by atoms with van der Waals surface area (Å²) in [5.74, 6) is -0.446. The number of fused-ring (bicyclic) bond motifs is 1. The molecule has 1 amide bonds. The van der Waals surface area contributed by atoms with Gasteiger partial charge in [-0.15, -0.1) is 0 Å². The number of aryl methyl sites for hydroxylation is 1. The lowest BCUT2D eigenvalue weighted by Crippen LogP contribution is -2.33. The number of nitrogens with zero attached hydrogens (tertiary/aromatic N) is 3. The summed E-state index contributed by atoms with van der Waals surface area (Å²) in [6, 6.07) is 4.26. The molecule has 1 aromatic carbocycles. The van der Waals surface area contributed by atoms with E-state index in [1.807, 2.05) is 6.92 Å². The molecule has 2 aromatic rings. The summed E-state index contributed by atoms with van der Waals surface area (Å²) in [4.78, 5) is 15.2. The Morgan fingerprint density at radius 1 is 1.35 bits per heavy atom. The standard InChI is InChI=1S/C20H27FN4O/c1-6-24-10-9-17-14(12-24)18(20(3,4)5)23-25(17)19(26)22-16-11-13(2)7-8-15(16)21/h7-8,11H,6,9-10,12H2,1-5H3,(H,22,26). The van der Waals surface area contributed by atoms with Gasteiger partial charge in [0.25, 0.3) is 0 Å². The first kappa shape index (κ1) is 18.6. The fourth-order valence-electron chi connectivity index (χ4n) is 3.42. The van der Waals surface area contributed by atoms with E-state index in [0.29, 0.717) is 0 Å². The molecule has 0 radical (unpaired) electrons. The van der Waals surface area contributed by atoms with Gasteiger partial charge in [0.1, 0.15) is 5.82 Å². The summed E-state index contributed by atoms with van der Waals surface area (Å²) in [6.07, 6.45) is 0.760. The van der Waals surface area contributed by atoms with Crippen molar-refractivity contribution in [2.45, 2.75) is 53.0 Å². The number of carbonyl (C=O) groups excluding carboxylic acids is 1. The molecule has 0 spiro atoms. The fourth-order valence-corrected chi connectivity index (χ4v) is 3.42. The molecular weight excluding hydrogens is 331 g/mol. The van der Waals surface area contributed by atoms with E-state index < -0.39 is 11.8 Å². The zero-order valence-electron chi connectivity index (χ0n) is 16.2. The van der Waals surface area contributed by atoms with Crippen molar-refractivity contribution < 1.29 is 9.18 Å². The van der Waals surface area contributed by atoms with Crippen LogP contribution in [0.5, 0.6) is 0 Å². The van der Waals surface area contributed by atoms with E-state index in [1.54, 1.807) is 12.1 Å². The molecule has 0 aliphatic carbocycles. The second-order valence-electron chi connectivity index (χ2n) is 7.97. The number of nitrogens with one attached hydrogen (secondary N) is 1. The molecule has 6 heteroatoms. The third kappa shape index (κ3) is 3.51. The summed E-state index contributed by atoms with van der Waals surface area (Å²) in [7, 11) is 0. The van der Waals surface area contributed by atoms with Crippen LogP contribution in [0.4, 0.5) is 14.9 Å². The van der Waals surface area contributed by atoms with E-state index in [9.17, 15) is 9.18 Å². The fraction of sp³-hybridized carbons (Fsp3) is 0.500. The molecule has 3 rings (SSSR count). The average Bonchev–Trinajstić information content (AvgIpc) is 2.97. The van der Waals surface area contributed by atoms with Gasteiger partial charge in [-0.25, -0.2) is 9.18 Å². The van der Waals surface area contributed by atoms with Crippen LogP contribution in [0.15, 0.2) is 18.2 Å². The second kappa shape index (κ2) is 6.83. The van der Waals surface area contributed by atoms with Crippen LogP contribution < -0.4 is 5.32 Å². The van der Waals surface area contributed by atoms with E-state index in [2.05, 4.69) is 43.0 Å². The Kier molecular flexibility index (Phi) is 4.88. The summed E-state index contributed by atoms with van der Waals surface area (Å²) < 4.78 is 15.5. The van der Waals surface area contributed by atoms with Crippen molar-refractivity contribution in [1.82, 2.24) is 14.7 Å². The number of hydrogen-bond acceptors (Lipinski definition) is 3. The molecule has 0 bridgehead atoms. The number of likely N-dealkylation sites (N-methyl/N-ethyl adjacent to an activating group) is 1. The number of aromatic nitrogens is 2. The minimum Gasteiger partial charge on any atom is -0.303 e. The van der Waals surface area contributed by atoms with Crippen molar-refractivity contribution in [2.75, 3.05) is 18.4 Å². The third-order valence-electron chi connectivity index (χ3n) is 4.85. The Balaban J connectivity index is 1.98. The number of amides is 1. The summed E-state index contributed by atoms with van der Waals surface area (Å²) in [5, 5.41) is 7.32. The molecule has 26 heavy (non-hydrogen) atoms. The summed E-state index contributed by atoms with van der Waals surface area (Å²) >= 11 is 0. The molecule has 2 heterocycles. The highest BCUT2D eigenvalue weighted by atomic mass is 19.1. The normalized spacial score (nSPS) is 15.0. The van der Waals surface area contributed by atoms with Crippen LogP contribution in [-0.2, 0) is 18.4 Å².